The van der Waals surface area contributed by atoms with Crippen molar-refractivity contribution in [2.24, 2.45) is 5.73 Å². The number of rotatable bonds is 1. The maximum Gasteiger partial charge on any atom is 0.164 e. The van der Waals surface area contributed by atoms with Crippen molar-refractivity contribution in [3.63, 3.8) is 0 Å². The summed E-state index contributed by atoms with van der Waals surface area (Å²) in [6.45, 7) is 2.63. The summed E-state index contributed by atoms with van der Waals surface area (Å²) >= 11 is 0. The standard InChI is InChI=1S/C8H14N4/c1-6-3-2-4-8-10-7(5-9)11-12(6)8/h6H,2-5,9H2,1H3. The molecular formula is C8H14N4. The molecule has 2 rings (SSSR count). The van der Waals surface area contributed by atoms with Gasteiger partial charge in [-0.25, -0.2) is 9.67 Å². The van der Waals surface area contributed by atoms with Crippen LogP contribution >= 0.6 is 0 Å². The first kappa shape index (κ1) is 7.73. The molecule has 66 valence electrons. The lowest BCUT2D eigenvalue weighted by molar-refractivity contribution is 0.387. The van der Waals surface area contributed by atoms with Gasteiger partial charge in [-0.05, 0) is 19.8 Å². The van der Waals surface area contributed by atoms with E-state index >= 15 is 0 Å². The van der Waals surface area contributed by atoms with Crippen LogP contribution in [0.2, 0.25) is 0 Å². The molecule has 1 unspecified atom stereocenters. The van der Waals surface area contributed by atoms with Crippen molar-refractivity contribution >= 4 is 0 Å². The Morgan fingerprint density at radius 1 is 1.67 bits per heavy atom. The molecule has 1 aromatic rings. The Balaban J connectivity index is 2.37. The number of nitrogens with zero attached hydrogens (tertiary/aromatic N) is 3. The van der Waals surface area contributed by atoms with Gasteiger partial charge in [-0.15, -0.1) is 0 Å². The van der Waals surface area contributed by atoms with Crippen molar-refractivity contribution < 1.29 is 0 Å². The van der Waals surface area contributed by atoms with Crippen LogP contribution in [0.3, 0.4) is 0 Å². The van der Waals surface area contributed by atoms with Gasteiger partial charge in [0.1, 0.15) is 5.82 Å². The van der Waals surface area contributed by atoms with Crippen molar-refractivity contribution in [2.45, 2.75) is 38.8 Å². The lowest BCUT2D eigenvalue weighted by Gasteiger charge is -2.18. The molecule has 1 atom stereocenters. The average Bonchev–Trinajstić information content (AvgIpc) is 2.49. The van der Waals surface area contributed by atoms with E-state index in [0.717, 1.165) is 18.1 Å². The summed E-state index contributed by atoms with van der Waals surface area (Å²) in [6, 6.07) is 0.501. The lowest BCUT2D eigenvalue weighted by Crippen LogP contribution is -2.16. The van der Waals surface area contributed by atoms with Crippen LogP contribution in [0.15, 0.2) is 0 Å². The normalized spacial score (nSPS) is 22.3. The molecule has 1 aromatic heterocycles. The van der Waals surface area contributed by atoms with Gasteiger partial charge in [-0.1, -0.05) is 0 Å². The molecule has 0 saturated heterocycles. The highest BCUT2D eigenvalue weighted by Crippen LogP contribution is 2.21. The van der Waals surface area contributed by atoms with E-state index in [4.69, 9.17) is 5.73 Å². The van der Waals surface area contributed by atoms with Gasteiger partial charge in [0, 0.05) is 6.42 Å². The first-order valence-electron chi connectivity index (χ1n) is 4.45. The van der Waals surface area contributed by atoms with Crippen molar-refractivity contribution in [3.05, 3.63) is 11.6 Å². The molecule has 1 aliphatic rings. The van der Waals surface area contributed by atoms with Crippen LogP contribution < -0.4 is 5.73 Å². The molecule has 0 bridgehead atoms. The molecule has 0 amide bonds. The van der Waals surface area contributed by atoms with Gasteiger partial charge in [0.05, 0.1) is 12.6 Å². The molecule has 4 heteroatoms. The Kier molecular flexibility index (Phi) is 1.84. The number of nitrogens with two attached hydrogens (primary N) is 1. The topological polar surface area (TPSA) is 56.7 Å². The molecule has 0 fully saturated rings. The fourth-order valence-electron chi connectivity index (χ4n) is 1.69. The number of hydrogen-bond acceptors (Lipinski definition) is 3. The first-order chi connectivity index (χ1) is 5.81. The van der Waals surface area contributed by atoms with Gasteiger partial charge in [0.25, 0.3) is 0 Å². The summed E-state index contributed by atoms with van der Waals surface area (Å²) in [4.78, 5) is 4.35. The minimum atomic E-state index is 0.451. The van der Waals surface area contributed by atoms with Crippen LogP contribution in [-0.2, 0) is 13.0 Å². The minimum absolute atomic E-state index is 0.451. The highest BCUT2D eigenvalue weighted by molar-refractivity contribution is 4.97. The summed E-state index contributed by atoms with van der Waals surface area (Å²) < 4.78 is 2.02. The van der Waals surface area contributed by atoms with Crippen molar-refractivity contribution in [2.75, 3.05) is 0 Å². The maximum absolute atomic E-state index is 5.47. The van der Waals surface area contributed by atoms with Gasteiger partial charge in [0.15, 0.2) is 5.82 Å². The van der Waals surface area contributed by atoms with Gasteiger partial charge < -0.3 is 5.73 Å². The van der Waals surface area contributed by atoms with E-state index in [1.807, 2.05) is 4.68 Å². The molecular weight excluding hydrogens is 152 g/mol. The molecule has 0 spiro atoms. The minimum Gasteiger partial charge on any atom is -0.324 e. The van der Waals surface area contributed by atoms with Crippen LogP contribution in [0, 0.1) is 0 Å². The van der Waals surface area contributed by atoms with Crippen molar-refractivity contribution in [1.82, 2.24) is 14.8 Å². The van der Waals surface area contributed by atoms with Crippen LogP contribution in [-0.4, -0.2) is 14.8 Å². The second-order valence-corrected chi connectivity index (χ2v) is 3.33. The molecule has 4 nitrogen and oxygen atoms in total. The number of aromatic nitrogens is 3. The van der Waals surface area contributed by atoms with E-state index in [1.165, 1.54) is 12.8 Å². The lowest BCUT2D eigenvalue weighted by atomic mass is 10.1. The quantitative estimate of drug-likeness (QED) is 0.666. The zero-order valence-corrected chi connectivity index (χ0v) is 7.32. The van der Waals surface area contributed by atoms with Crippen molar-refractivity contribution in [3.8, 4) is 0 Å². The van der Waals surface area contributed by atoms with Gasteiger partial charge in [-0.3, -0.25) is 0 Å². The Labute approximate surface area is 71.8 Å². The zero-order chi connectivity index (χ0) is 8.55. The Hall–Kier alpha value is -0.900. The van der Waals surface area contributed by atoms with Crippen LogP contribution in [0.1, 0.15) is 37.5 Å². The van der Waals surface area contributed by atoms with E-state index < -0.39 is 0 Å². The number of hydrogen-bond donors (Lipinski definition) is 1. The second kappa shape index (κ2) is 2.86. The summed E-state index contributed by atoms with van der Waals surface area (Å²) in [7, 11) is 0. The highest BCUT2D eigenvalue weighted by Gasteiger charge is 2.18. The third kappa shape index (κ3) is 1.12. The molecule has 2 N–H and O–H groups in total. The molecule has 0 aromatic carbocycles. The fraction of sp³-hybridized carbons (Fsp3) is 0.750. The highest BCUT2D eigenvalue weighted by atomic mass is 15.4. The van der Waals surface area contributed by atoms with Crippen molar-refractivity contribution in [1.29, 1.82) is 0 Å². The van der Waals surface area contributed by atoms with Crippen LogP contribution in [0.5, 0.6) is 0 Å². The smallest absolute Gasteiger partial charge is 0.164 e. The third-order valence-electron chi connectivity index (χ3n) is 2.37. The summed E-state index contributed by atoms with van der Waals surface area (Å²) in [6.07, 6.45) is 3.49. The predicted molar refractivity (Wildman–Crippen MR) is 45.6 cm³/mol. The van der Waals surface area contributed by atoms with E-state index in [9.17, 15) is 0 Å². The molecule has 2 heterocycles. The fourth-order valence-corrected chi connectivity index (χ4v) is 1.69. The molecule has 0 aliphatic carbocycles. The van der Waals surface area contributed by atoms with Gasteiger partial charge in [-0.2, -0.15) is 5.10 Å². The van der Waals surface area contributed by atoms with E-state index in [2.05, 4.69) is 17.0 Å². The third-order valence-corrected chi connectivity index (χ3v) is 2.37. The first-order valence-corrected chi connectivity index (χ1v) is 4.45. The maximum atomic E-state index is 5.47. The Morgan fingerprint density at radius 2 is 2.50 bits per heavy atom. The Morgan fingerprint density at radius 3 is 3.17 bits per heavy atom. The molecule has 0 saturated carbocycles. The zero-order valence-electron chi connectivity index (χ0n) is 7.32. The molecule has 1 aliphatic heterocycles. The largest absolute Gasteiger partial charge is 0.324 e. The van der Waals surface area contributed by atoms with Crippen LogP contribution in [0.4, 0.5) is 0 Å². The van der Waals surface area contributed by atoms with Crippen LogP contribution in [0.25, 0.3) is 0 Å². The monoisotopic (exact) mass is 166 g/mol. The van der Waals surface area contributed by atoms with E-state index in [-0.39, 0.29) is 0 Å². The molecule has 12 heavy (non-hydrogen) atoms. The van der Waals surface area contributed by atoms with Gasteiger partial charge in [0.2, 0.25) is 0 Å². The van der Waals surface area contributed by atoms with Gasteiger partial charge >= 0.3 is 0 Å². The number of fused-ring (bicyclic) bond motifs is 1. The summed E-state index contributed by atoms with van der Waals surface area (Å²) in [5.74, 6) is 1.88. The second-order valence-electron chi connectivity index (χ2n) is 3.33. The van der Waals surface area contributed by atoms with E-state index in [1.54, 1.807) is 0 Å². The molecule has 0 radical (unpaired) electrons. The number of aryl methyl sites for hydroxylation is 1. The summed E-state index contributed by atoms with van der Waals surface area (Å²) in [5.41, 5.74) is 5.47. The SMILES string of the molecule is CC1CCCc2nc(CN)nn21. The average molecular weight is 166 g/mol. The predicted octanol–water partition coefficient (Wildman–Crippen LogP) is 0.634. The summed E-state index contributed by atoms with van der Waals surface area (Å²) in [5, 5.41) is 4.33. The Bertz CT molecular complexity index is 279. The van der Waals surface area contributed by atoms with E-state index in [0.29, 0.717) is 12.6 Å².